The van der Waals surface area contributed by atoms with Crippen molar-refractivity contribution in [2.45, 2.75) is 19.9 Å². The molecule has 0 spiro atoms. The highest BCUT2D eigenvalue weighted by atomic mass is 35.5. The number of halogens is 2. The first-order valence-corrected chi connectivity index (χ1v) is 8.41. The van der Waals surface area contributed by atoms with E-state index in [4.69, 9.17) is 27.9 Å². The zero-order valence-corrected chi connectivity index (χ0v) is 15.4. The molecule has 0 radical (unpaired) electrons. The SMILES string of the molecule is CCC(=O)Nc1cccc(OC(=O)N(C)Cc2ccc(Cl)c(Cl)c2)c1. The van der Waals surface area contributed by atoms with Crippen molar-refractivity contribution in [1.82, 2.24) is 4.90 Å². The monoisotopic (exact) mass is 380 g/mol. The van der Waals surface area contributed by atoms with E-state index in [1.807, 2.05) is 0 Å². The second-order valence-corrected chi connectivity index (χ2v) is 6.22. The van der Waals surface area contributed by atoms with Crippen LogP contribution in [0.4, 0.5) is 10.5 Å². The number of carbonyl (C=O) groups excluding carboxylic acids is 2. The van der Waals surface area contributed by atoms with E-state index in [1.165, 1.54) is 4.90 Å². The Kier molecular flexibility index (Phi) is 6.67. The molecular weight excluding hydrogens is 363 g/mol. The molecule has 0 aliphatic rings. The molecule has 0 bridgehead atoms. The summed E-state index contributed by atoms with van der Waals surface area (Å²) >= 11 is 11.9. The third-order valence-corrected chi connectivity index (χ3v) is 4.10. The number of nitrogens with zero attached hydrogens (tertiary/aromatic N) is 1. The number of ether oxygens (including phenoxy) is 1. The first-order valence-electron chi connectivity index (χ1n) is 7.66. The normalized spacial score (nSPS) is 10.2. The topological polar surface area (TPSA) is 58.6 Å². The molecule has 0 unspecified atom stereocenters. The van der Waals surface area contributed by atoms with Gasteiger partial charge in [0.1, 0.15) is 5.75 Å². The lowest BCUT2D eigenvalue weighted by Crippen LogP contribution is -2.29. The fraction of sp³-hybridized carbons (Fsp3) is 0.222. The standard InChI is InChI=1S/C18H18Cl2N2O3/c1-3-17(23)21-13-5-4-6-14(10-13)25-18(24)22(2)11-12-7-8-15(19)16(20)9-12/h4-10H,3,11H2,1-2H3,(H,21,23). The molecule has 0 atom stereocenters. The molecule has 0 fully saturated rings. The Bertz CT molecular complexity index is 781. The molecule has 132 valence electrons. The van der Waals surface area contributed by atoms with Crippen molar-refractivity contribution in [3.63, 3.8) is 0 Å². The van der Waals surface area contributed by atoms with Crippen LogP contribution >= 0.6 is 23.2 Å². The number of hydrogen-bond acceptors (Lipinski definition) is 3. The van der Waals surface area contributed by atoms with Crippen LogP contribution < -0.4 is 10.1 Å². The summed E-state index contributed by atoms with van der Waals surface area (Å²) in [6.07, 6.45) is -0.152. The maximum Gasteiger partial charge on any atom is 0.415 e. The highest BCUT2D eigenvalue weighted by Crippen LogP contribution is 2.23. The lowest BCUT2D eigenvalue weighted by molar-refractivity contribution is -0.115. The van der Waals surface area contributed by atoms with Crippen LogP contribution in [0.15, 0.2) is 42.5 Å². The van der Waals surface area contributed by atoms with E-state index in [2.05, 4.69) is 5.32 Å². The summed E-state index contributed by atoms with van der Waals surface area (Å²) in [4.78, 5) is 25.1. The number of amides is 2. The summed E-state index contributed by atoms with van der Waals surface area (Å²) in [5.74, 6) is 0.236. The van der Waals surface area contributed by atoms with E-state index in [9.17, 15) is 9.59 Å². The van der Waals surface area contributed by atoms with E-state index >= 15 is 0 Å². The van der Waals surface area contributed by atoms with Crippen LogP contribution in [0.3, 0.4) is 0 Å². The van der Waals surface area contributed by atoms with Gasteiger partial charge in [0.25, 0.3) is 0 Å². The van der Waals surface area contributed by atoms with Crippen molar-refractivity contribution in [2.75, 3.05) is 12.4 Å². The molecule has 0 aliphatic heterocycles. The zero-order valence-electron chi connectivity index (χ0n) is 13.9. The minimum absolute atomic E-state index is 0.111. The Balaban J connectivity index is 1.99. The van der Waals surface area contributed by atoms with Gasteiger partial charge in [0.2, 0.25) is 5.91 Å². The van der Waals surface area contributed by atoms with Gasteiger partial charge in [0, 0.05) is 31.8 Å². The Morgan fingerprint density at radius 1 is 1.12 bits per heavy atom. The molecule has 1 N–H and O–H groups in total. The van der Waals surface area contributed by atoms with Crippen molar-refractivity contribution in [3.05, 3.63) is 58.1 Å². The average molecular weight is 381 g/mol. The van der Waals surface area contributed by atoms with Gasteiger partial charge in [-0.05, 0) is 29.8 Å². The van der Waals surface area contributed by atoms with Crippen molar-refractivity contribution in [3.8, 4) is 5.75 Å². The minimum Gasteiger partial charge on any atom is -0.410 e. The van der Waals surface area contributed by atoms with Gasteiger partial charge >= 0.3 is 6.09 Å². The number of hydrogen-bond donors (Lipinski definition) is 1. The number of benzene rings is 2. The summed E-state index contributed by atoms with van der Waals surface area (Å²) in [7, 11) is 1.62. The van der Waals surface area contributed by atoms with E-state index < -0.39 is 6.09 Å². The lowest BCUT2D eigenvalue weighted by Gasteiger charge is -2.17. The predicted octanol–water partition coefficient (Wildman–Crippen LogP) is 4.97. The van der Waals surface area contributed by atoms with Crippen LogP contribution in [-0.4, -0.2) is 23.9 Å². The van der Waals surface area contributed by atoms with Crippen LogP contribution in [0.1, 0.15) is 18.9 Å². The molecule has 0 saturated heterocycles. The molecule has 0 saturated carbocycles. The van der Waals surface area contributed by atoms with Crippen molar-refractivity contribution >= 4 is 40.9 Å². The van der Waals surface area contributed by atoms with Gasteiger partial charge in [-0.2, -0.15) is 0 Å². The Hall–Kier alpha value is -2.24. The van der Waals surface area contributed by atoms with Crippen molar-refractivity contribution < 1.29 is 14.3 Å². The van der Waals surface area contributed by atoms with Gasteiger partial charge in [0.15, 0.2) is 0 Å². The predicted molar refractivity (Wildman–Crippen MR) is 99.3 cm³/mol. The third-order valence-electron chi connectivity index (χ3n) is 3.36. The minimum atomic E-state index is -0.523. The molecule has 2 aromatic rings. The summed E-state index contributed by atoms with van der Waals surface area (Å²) in [6, 6.07) is 11.8. The molecule has 5 nitrogen and oxygen atoms in total. The lowest BCUT2D eigenvalue weighted by atomic mass is 10.2. The highest BCUT2D eigenvalue weighted by molar-refractivity contribution is 6.42. The number of nitrogens with one attached hydrogen (secondary N) is 1. The number of carbonyl (C=O) groups is 2. The molecule has 2 aromatic carbocycles. The molecular formula is C18H18Cl2N2O3. The fourth-order valence-corrected chi connectivity index (χ4v) is 2.36. The fourth-order valence-electron chi connectivity index (χ4n) is 2.04. The number of anilines is 1. The smallest absolute Gasteiger partial charge is 0.410 e. The van der Waals surface area contributed by atoms with Gasteiger partial charge in [-0.3, -0.25) is 4.79 Å². The van der Waals surface area contributed by atoms with Crippen LogP contribution in [0.2, 0.25) is 10.0 Å². The summed E-state index contributed by atoms with van der Waals surface area (Å²) in [6.45, 7) is 2.08. The molecule has 2 amide bonds. The first kappa shape index (κ1) is 19.1. The van der Waals surface area contributed by atoms with E-state index in [-0.39, 0.29) is 5.91 Å². The average Bonchev–Trinajstić information content (AvgIpc) is 2.58. The van der Waals surface area contributed by atoms with E-state index in [0.717, 1.165) is 5.56 Å². The number of rotatable bonds is 5. The van der Waals surface area contributed by atoms with Gasteiger partial charge in [-0.25, -0.2) is 4.79 Å². The Morgan fingerprint density at radius 3 is 2.56 bits per heavy atom. The molecule has 2 rings (SSSR count). The Labute approximate surface area is 156 Å². The van der Waals surface area contributed by atoms with Crippen LogP contribution in [-0.2, 0) is 11.3 Å². The summed E-state index contributed by atoms with van der Waals surface area (Å²) in [5, 5.41) is 3.61. The molecule has 7 heteroatoms. The van der Waals surface area contributed by atoms with Gasteiger partial charge < -0.3 is 15.0 Å². The maximum absolute atomic E-state index is 12.2. The summed E-state index contributed by atoms with van der Waals surface area (Å²) < 4.78 is 5.33. The van der Waals surface area contributed by atoms with Crippen LogP contribution in [0.5, 0.6) is 5.75 Å². The van der Waals surface area contributed by atoms with Gasteiger partial charge in [-0.15, -0.1) is 0 Å². The molecule has 0 aromatic heterocycles. The second-order valence-electron chi connectivity index (χ2n) is 5.40. The van der Waals surface area contributed by atoms with Crippen molar-refractivity contribution in [1.29, 1.82) is 0 Å². The van der Waals surface area contributed by atoms with Crippen LogP contribution in [0, 0.1) is 0 Å². The van der Waals surface area contributed by atoms with Gasteiger partial charge in [0.05, 0.1) is 10.0 Å². The quantitative estimate of drug-likeness (QED) is 0.795. The zero-order chi connectivity index (χ0) is 18.4. The van der Waals surface area contributed by atoms with E-state index in [1.54, 1.807) is 56.4 Å². The van der Waals surface area contributed by atoms with E-state index in [0.29, 0.717) is 34.4 Å². The van der Waals surface area contributed by atoms with Gasteiger partial charge in [-0.1, -0.05) is 42.3 Å². The molecule has 0 aliphatic carbocycles. The summed E-state index contributed by atoms with van der Waals surface area (Å²) in [5.41, 5.74) is 1.40. The maximum atomic E-state index is 12.2. The Morgan fingerprint density at radius 2 is 1.88 bits per heavy atom. The first-order chi connectivity index (χ1) is 11.9. The van der Waals surface area contributed by atoms with Crippen LogP contribution in [0.25, 0.3) is 0 Å². The molecule has 0 heterocycles. The highest BCUT2D eigenvalue weighted by Gasteiger charge is 2.13. The van der Waals surface area contributed by atoms with Crippen molar-refractivity contribution in [2.24, 2.45) is 0 Å². The largest absolute Gasteiger partial charge is 0.415 e. The second kappa shape index (κ2) is 8.74. The third kappa shape index (κ3) is 5.66. The molecule has 25 heavy (non-hydrogen) atoms.